The first kappa shape index (κ1) is 16.2. The molecule has 0 fully saturated rings. The van der Waals surface area contributed by atoms with E-state index >= 15 is 0 Å². The molecular formula is C12H14F4N2O2. The molecule has 0 saturated heterocycles. The summed E-state index contributed by atoms with van der Waals surface area (Å²) in [5, 5.41) is 2.69. The Labute approximate surface area is 112 Å². The second kappa shape index (κ2) is 6.56. The van der Waals surface area contributed by atoms with Crippen LogP contribution in [0.1, 0.15) is 13.8 Å². The van der Waals surface area contributed by atoms with Crippen molar-refractivity contribution in [3.05, 3.63) is 29.3 Å². The predicted octanol–water partition coefficient (Wildman–Crippen LogP) is 1.47. The number of halogens is 4. The molecule has 0 radical (unpaired) electrons. The van der Waals surface area contributed by atoms with Crippen molar-refractivity contribution in [1.29, 1.82) is 0 Å². The lowest BCUT2D eigenvalue weighted by Gasteiger charge is -2.19. The van der Waals surface area contributed by atoms with Crippen LogP contribution in [0, 0.1) is 23.3 Å². The fourth-order valence-corrected chi connectivity index (χ4v) is 1.46. The number of benzene rings is 1. The summed E-state index contributed by atoms with van der Waals surface area (Å²) in [6.45, 7) is 2.85. The Morgan fingerprint density at radius 3 is 2.15 bits per heavy atom. The van der Waals surface area contributed by atoms with Crippen LogP contribution in [0.2, 0.25) is 0 Å². The Hall–Kier alpha value is -1.83. The van der Waals surface area contributed by atoms with Gasteiger partial charge in [0.05, 0.1) is 0 Å². The summed E-state index contributed by atoms with van der Waals surface area (Å²) in [5.74, 6) is -8.57. The van der Waals surface area contributed by atoms with Crippen molar-refractivity contribution in [2.24, 2.45) is 5.73 Å². The quantitative estimate of drug-likeness (QED) is 0.617. The number of nitrogens with one attached hydrogen (secondary N) is 1. The van der Waals surface area contributed by atoms with Crippen LogP contribution in [0.15, 0.2) is 6.07 Å². The third-order valence-electron chi connectivity index (χ3n) is 2.34. The third kappa shape index (κ3) is 3.83. The second-order valence-electron chi connectivity index (χ2n) is 4.38. The zero-order valence-corrected chi connectivity index (χ0v) is 10.8. The minimum atomic E-state index is -1.67. The average molecular weight is 294 g/mol. The molecule has 1 unspecified atom stereocenters. The summed E-state index contributed by atoms with van der Waals surface area (Å²) in [7, 11) is 0. The second-order valence-corrected chi connectivity index (χ2v) is 4.38. The summed E-state index contributed by atoms with van der Waals surface area (Å²) >= 11 is 0. The van der Waals surface area contributed by atoms with E-state index in [9.17, 15) is 22.4 Å². The topological polar surface area (TPSA) is 64.3 Å². The van der Waals surface area contributed by atoms with Gasteiger partial charge in [-0.05, 0) is 0 Å². The van der Waals surface area contributed by atoms with Crippen molar-refractivity contribution in [3.8, 4) is 5.75 Å². The number of carbonyl (C=O) groups excluding carboxylic acids is 1. The molecule has 0 aliphatic heterocycles. The maximum absolute atomic E-state index is 13.3. The van der Waals surface area contributed by atoms with Crippen LogP contribution in [0.3, 0.4) is 0 Å². The molecule has 20 heavy (non-hydrogen) atoms. The van der Waals surface area contributed by atoms with Crippen molar-refractivity contribution < 1.29 is 27.1 Å². The standard InChI is InChI=1S/C12H14F4N2O2/c1-5(2)18-8(12(17)19)4-20-11-9(15)6(13)3-7(14)10(11)16/h3,5,8,18H,4H2,1-2H3,(H2,17,19). The summed E-state index contributed by atoms with van der Waals surface area (Å²) < 4.78 is 57.2. The fourth-order valence-electron chi connectivity index (χ4n) is 1.46. The molecule has 1 rings (SSSR count). The minimum Gasteiger partial charge on any atom is -0.485 e. The summed E-state index contributed by atoms with van der Waals surface area (Å²) in [4.78, 5) is 11.1. The Balaban J connectivity index is 2.91. The predicted molar refractivity (Wildman–Crippen MR) is 63.0 cm³/mol. The number of rotatable bonds is 6. The van der Waals surface area contributed by atoms with Crippen LogP contribution in [-0.2, 0) is 4.79 Å². The summed E-state index contributed by atoms with van der Waals surface area (Å²) in [6.07, 6.45) is 0. The van der Waals surface area contributed by atoms with Crippen LogP contribution in [-0.4, -0.2) is 24.6 Å². The lowest BCUT2D eigenvalue weighted by molar-refractivity contribution is -0.120. The lowest BCUT2D eigenvalue weighted by Crippen LogP contribution is -2.48. The molecule has 0 aliphatic carbocycles. The van der Waals surface area contributed by atoms with E-state index < -0.39 is 47.6 Å². The fraction of sp³-hybridized carbons (Fsp3) is 0.417. The highest BCUT2D eigenvalue weighted by Crippen LogP contribution is 2.26. The Bertz CT molecular complexity index is 482. The first-order valence-electron chi connectivity index (χ1n) is 5.75. The molecule has 3 N–H and O–H groups in total. The van der Waals surface area contributed by atoms with Crippen molar-refractivity contribution in [2.75, 3.05) is 6.61 Å². The van der Waals surface area contributed by atoms with Gasteiger partial charge in [-0.15, -0.1) is 0 Å². The number of nitrogens with two attached hydrogens (primary N) is 1. The van der Waals surface area contributed by atoms with Gasteiger partial charge in [0.1, 0.15) is 12.6 Å². The summed E-state index contributed by atoms with van der Waals surface area (Å²) in [5.41, 5.74) is 5.07. The molecule has 1 aromatic rings. The van der Waals surface area contributed by atoms with Crippen LogP contribution in [0.25, 0.3) is 0 Å². The first-order chi connectivity index (χ1) is 9.23. The zero-order chi connectivity index (χ0) is 15.4. The van der Waals surface area contributed by atoms with E-state index in [-0.39, 0.29) is 12.1 Å². The number of primary amides is 1. The zero-order valence-electron chi connectivity index (χ0n) is 10.8. The highest BCUT2D eigenvalue weighted by atomic mass is 19.2. The van der Waals surface area contributed by atoms with E-state index in [2.05, 4.69) is 10.1 Å². The van der Waals surface area contributed by atoms with Gasteiger partial charge in [-0.1, -0.05) is 13.8 Å². The number of hydrogen-bond donors (Lipinski definition) is 2. The molecule has 0 spiro atoms. The first-order valence-corrected chi connectivity index (χ1v) is 5.75. The van der Waals surface area contributed by atoms with Crippen LogP contribution >= 0.6 is 0 Å². The van der Waals surface area contributed by atoms with Gasteiger partial charge in [0.25, 0.3) is 0 Å². The van der Waals surface area contributed by atoms with E-state index in [4.69, 9.17) is 5.73 Å². The highest BCUT2D eigenvalue weighted by Gasteiger charge is 2.23. The molecule has 1 atom stereocenters. The van der Waals surface area contributed by atoms with Crippen LogP contribution in [0.5, 0.6) is 5.75 Å². The van der Waals surface area contributed by atoms with Crippen LogP contribution < -0.4 is 15.8 Å². The highest BCUT2D eigenvalue weighted by molar-refractivity contribution is 5.80. The monoisotopic (exact) mass is 294 g/mol. The Kier molecular flexibility index (Phi) is 5.32. The molecule has 0 bridgehead atoms. The van der Waals surface area contributed by atoms with Gasteiger partial charge in [-0.2, -0.15) is 8.78 Å². The van der Waals surface area contributed by atoms with Gasteiger partial charge >= 0.3 is 0 Å². The van der Waals surface area contributed by atoms with E-state index in [1.165, 1.54) is 0 Å². The molecule has 1 amide bonds. The van der Waals surface area contributed by atoms with Gasteiger partial charge in [-0.3, -0.25) is 4.79 Å². The van der Waals surface area contributed by atoms with Gasteiger partial charge in [0.2, 0.25) is 17.5 Å². The minimum absolute atomic E-state index is 0.0649. The molecule has 0 aliphatic rings. The average Bonchev–Trinajstić information content (AvgIpc) is 2.34. The maximum atomic E-state index is 13.3. The summed E-state index contributed by atoms with van der Waals surface area (Å²) in [6, 6.07) is -1.15. The number of amides is 1. The molecule has 0 saturated carbocycles. The van der Waals surface area contributed by atoms with Crippen LogP contribution in [0.4, 0.5) is 17.6 Å². The number of hydrogen-bond acceptors (Lipinski definition) is 3. The lowest BCUT2D eigenvalue weighted by atomic mass is 10.2. The van der Waals surface area contributed by atoms with E-state index in [1.54, 1.807) is 13.8 Å². The molecule has 112 valence electrons. The van der Waals surface area contributed by atoms with Gasteiger partial charge < -0.3 is 15.8 Å². The molecule has 4 nitrogen and oxygen atoms in total. The van der Waals surface area contributed by atoms with E-state index in [1.807, 2.05) is 0 Å². The molecule has 8 heteroatoms. The number of ether oxygens (including phenoxy) is 1. The largest absolute Gasteiger partial charge is 0.485 e. The SMILES string of the molecule is CC(C)NC(COc1c(F)c(F)cc(F)c1F)C(N)=O. The maximum Gasteiger partial charge on any atom is 0.238 e. The van der Waals surface area contributed by atoms with E-state index in [0.717, 1.165) is 0 Å². The smallest absolute Gasteiger partial charge is 0.238 e. The molecular weight excluding hydrogens is 280 g/mol. The van der Waals surface area contributed by atoms with E-state index in [0.29, 0.717) is 0 Å². The normalized spacial score (nSPS) is 12.6. The van der Waals surface area contributed by atoms with Crippen molar-refractivity contribution in [2.45, 2.75) is 25.9 Å². The van der Waals surface area contributed by atoms with Crippen molar-refractivity contribution >= 4 is 5.91 Å². The molecule has 0 heterocycles. The number of carbonyl (C=O) groups is 1. The molecule has 1 aromatic carbocycles. The van der Waals surface area contributed by atoms with Gasteiger partial charge in [-0.25, -0.2) is 8.78 Å². The van der Waals surface area contributed by atoms with Crippen molar-refractivity contribution in [1.82, 2.24) is 5.32 Å². The Morgan fingerprint density at radius 2 is 1.75 bits per heavy atom. The third-order valence-corrected chi connectivity index (χ3v) is 2.34. The van der Waals surface area contributed by atoms with Gasteiger partial charge in [0, 0.05) is 12.1 Å². The Morgan fingerprint density at radius 1 is 1.25 bits per heavy atom. The van der Waals surface area contributed by atoms with Gasteiger partial charge in [0.15, 0.2) is 17.4 Å². The van der Waals surface area contributed by atoms with Crippen molar-refractivity contribution in [3.63, 3.8) is 0 Å². The molecule has 0 aromatic heterocycles.